The molecule has 2 aromatic rings. The van der Waals surface area contributed by atoms with Crippen LogP contribution in [0.1, 0.15) is 23.3 Å². The molecule has 1 aromatic carbocycles. The third-order valence-electron chi connectivity index (χ3n) is 3.44. The zero-order valence-corrected chi connectivity index (χ0v) is 10.9. The predicted molar refractivity (Wildman–Crippen MR) is 72.0 cm³/mol. The SMILES string of the molecule is CC1COc2cc([N+](=O)[O-])cc3cc(C(=O)O)c(=O)n1c23. The highest BCUT2D eigenvalue weighted by Crippen LogP contribution is 2.35. The van der Waals surface area contributed by atoms with Crippen LogP contribution in [0.4, 0.5) is 5.69 Å². The average molecular weight is 290 g/mol. The van der Waals surface area contributed by atoms with Gasteiger partial charge >= 0.3 is 5.97 Å². The molecule has 1 aromatic heterocycles. The Morgan fingerprint density at radius 3 is 2.81 bits per heavy atom. The molecule has 108 valence electrons. The number of aromatic nitrogens is 1. The molecule has 0 fully saturated rings. The molecule has 0 spiro atoms. The van der Waals surface area contributed by atoms with Gasteiger partial charge in [0.05, 0.1) is 22.5 Å². The van der Waals surface area contributed by atoms with E-state index in [0.717, 1.165) is 6.07 Å². The summed E-state index contributed by atoms with van der Waals surface area (Å²) in [6, 6.07) is 3.27. The Kier molecular flexibility index (Phi) is 2.68. The lowest BCUT2D eigenvalue weighted by Gasteiger charge is -2.25. The molecule has 1 atom stereocenters. The van der Waals surface area contributed by atoms with Crippen molar-refractivity contribution in [1.29, 1.82) is 0 Å². The Balaban J connectivity index is 2.50. The highest BCUT2D eigenvalue weighted by molar-refractivity contribution is 5.95. The molecule has 1 aliphatic rings. The van der Waals surface area contributed by atoms with E-state index in [2.05, 4.69) is 0 Å². The first-order chi connectivity index (χ1) is 9.90. The van der Waals surface area contributed by atoms with Gasteiger partial charge < -0.3 is 9.84 Å². The van der Waals surface area contributed by atoms with Crippen LogP contribution in [-0.4, -0.2) is 27.2 Å². The molecule has 0 radical (unpaired) electrons. The number of nitro benzene ring substituents is 1. The van der Waals surface area contributed by atoms with E-state index in [1.807, 2.05) is 0 Å². The number of carboxylic acid groups (broad SMARTS) is 1. The Bertz CT molecular complexity index is 854. The molecule has 8 heteroatoms. The van der Waals surface area contributed by atoms with Gasteiger partial charge in [0, 0.05) is 11.5 Å². The fraction of sp³-hybridized carbons (Fsp3) is 0.231. The first-order valence-electron chi connectivity index (χ1n) is 6.14. The van der Waals surface area contributed by atoms with Crippen molar-refractivity contribution in [2.24, 2.45) is 0 Å². The summed E-state index contributed by atoms with van der Waals surface area (Å²) in [5.74, 6) is -1.15. The van der Waals surface area contributed by atoms with E-state index in [0.29, 0.717) is 10.9 Å². The molecular formula is C13H10N2O6. The van der Waals surface area contributed by atoms with Gasteiger partial charge in [-0.3, -0.25) is 19.5 Å². The number of benzene rings is 1. The summed E-state index contributed by atoms with van der Waals surface area (Å²) >= 11 is 0. The van der Waals surface area contributed by atoms with Gasteiger partial charge in [0.25, 0.3) is 11.2 Å². The van der Waals surface area contributed by atoms with E-state index < -0.39 is 22.0 Å². The second-order valence-electron chi connectivity index (χ2n) is 4.84. The van der Waals surface area contributed by atoms with Gasteiger partial charge in [-0.25, -0.2) is 4.79 Å². The fourth-order valence-corrected chi connectivity index (χ4v) is 2.50. The summed E-state index contributed by atoms with van der Waals surface area (Å²) < 4.78 is 6.76. The van der Waals surface area contributed by atoms with Crippen LogP contribution in [0.25, 0.3) is 10.9 Å². The Labute approximate surface area is 117 Å². The summed E-state index contributed by atoms with van der Waals surface area (Å²) in [4.78, 5) is 33.8. The minimum Gasteiger partial charge on any atom is -0.489 e. The number of nitro groups is 1. The van der Waals surface area contributed by atoms with Crippen LogP contribution in [0.2, 0.25) is 0 Å². The summed E-state index contributed by atoms with van der Waals surface area (Å²) in [5, 5.41) is 20.3. The standard InChI is InChI=1S/C13H10N2O6/c1-6-5-21-10-4-8(15(19)20)2-7-3-9(13(17)18)12(16)14(6)11(7)10/h2-4,6H,5H2,1H3,(H,17,18). The molecule has 0 amide bonds. The molecule has 21 heavy (non-hydrogen) atoms. The largest absolute Gasteiger partial charge is 0.489 e. The molecule has 1 N–H and O–H groups in total. The fourth-order valence-electron chi connectivity index (χ4n) is 2.50. The molecular weight excluding hydrogens is 280 g/mol. The van der Waals surface area contributed by atoms with Crippen LogP contribution in [0.3, 0.4) is 0 Å². The zero-order chi connectivity index (χ0) is 15.3. The Morgan fingerprint density at radius 2 is 2.19 bits per heavy atom. The highest BCUT2D eigenvalue weighted by Gasteiger charge is 2.26. The number of ether oxygens (including phenoxy) is 1. The van der Waals surface area contributed by atoms with E-state index in [9.17, 15) is 19.7 Å². The summed E-state index contributed by atoms with van der Waals surface area (Å²) in [7, 11) is 0. The lowest BCUT2D eigenvalue weighted by atomic mass is 10.1. The van der Waals surface area contributed by atoms with E-state index in [1.54, 1.807) is 6.92 Å². The zero-order valence-electron chi connectivity index (χ0n) is 10.9. The van der Waals surface area contributed by atoms with Crippen LogP contribution >= 0.6 is 0 Å². The van der Waals surface area contributed by atoms with Gasteiger partial charge in [0.2, 0.25) is 0 Å². The maximum absolute atomic E-state index is 12.3. The average Bonchev–Trinajstić information content (AvgIpc) is 2.43. The minimum atomic E-state index is -1.36. The van der Waals surface area contributed by atoms with E-state index in [4.69, 9.17) is 9.84 Å². The quantitative estimate of drug-likeness (QED) is 0.663. The maximum Gasteiger partial charge on any atom is 0.341 e. The Hall–Kier alpha value is -2.90. The number of hydrogen-bond acceptors (Lipinski definition) is 5. The summed E-state index contributed by atoms with van der Waals surface area (Å²) in [6.45, 7) is 1.86. The van der Waals surface area contributed by atoms with Crippen molar-refractivity contribution in [1.82, 2.24) is 4.57 Å². The molecule has 1 aliphatic heterocycles. The number of aromatic carboxylic acids is 1. The number of rotatable bonds is 2. The highest BCUT2D eigenvalue weighted by atomic mass is 16.6. The molecule has 0 saturated carbocycles. The van der Waals surface area contributed by atoms with E-state index in [1.165, 1.54) is 16.7 Å². The first kappa shape index (κ1) is 13.1. The molecule has 0 saturated heterocycles. The third kappa shape index (κ3) is 1.83. The number of non-ortho nitro benzene ring substituents is 1. The predicted octanol–water partition coefficient (Wildman–Crippen LogP) is 1.56. The van der Waals surface area contributed by atoms with Gasteiger partial charge in [0.15, 0.2) is 5.75 Å². The van der Waals surface area contributed by atoms with E-state index in [-0.39, 0.29) is 24.1 Å². The number of carboxylic acids is 1. The maximum atomic E-state index is 12.3. The molecule has 0 bridgehead atoms. The number of hydrogen-bond donors (Lipinski definition) is 1. The summed E-state index contributed by atoms with van der Waals surface area (Å²) in [5.41, 5.74) is -0.883. The van der Waals surface area contributed by atoms with Crippen molar-refractivity contribution in [2.45, 2.75) is 13.0 Å². The lowest BCUT2D eigenvalue weighted by molar-refractivity contribution is -0.384. The minimum absolute atomic E-state index is 0.145. The monoisotopic (exact) mass is 290 g/mol. The smallest absolute Gasteiger partial charge is 0.341 e. The number of pyridine rings is 1. The first-order valence-corrected chi connectivity index (χ1v) is 6.14. The van der Waals surface area contributed by atoms with Crippen molar-refractivity contribution in [3.63, 3.8) is 0 Å². The van der Waals surface area contributed by atoms with Crippen LogP contribution in [0.5, 0.6) is 5.75 Å². The topological polar surface area (TPSA) is 112 Å². The van der Waals surface area contributed by atoms with Crippen LogP contribution < -0.4 is 10.3 Å². The molecule has 2 heterocycles. The number of carbonyl (C=O) groups is 1. The van der Waals surface area contributed by atoms with Crippen molar-refractivity contribution >= 4 is 22.6 Å². The normalized spacial score (nSPS) is 16.5. The second kappa shape index (κ2) is 4.30. The molecule has 0 aliphatic carbocycles. The van der Waals surface area contributed by atoms with E-state index >= 15 is 0 Å². The van der Waals surface area contributed by atoms with Crippen molar-refractivity contribution in [3.05, 3.63) is 44.2 Å². The van der Waals surface area contributed by atoms with Gasteiger partial charge in [-0.05, 0) is 13.0 Å². The van der Waals surface area contributed by atoms with Crippen LogP contribution in [0.15, 0.2) is 23.0 Å². The van der Waals surface area contributed by atoms with Crippen molar-refractivity contribution in [3.8, 4) is 5.75 Å². The van der Waals surface area contributed by atoms with Gasteiger partial charge in [-0.15, -0.1) is 0 Å². The Morgan fingerprint density at radius 1 is 1.48 bits per heavy atom. The van der Waals surface area contributed by atoms with Crippen LogP contribution in [0, 0.1) is 10.1 Å². The second-order valence-corrected chi connectivity index (χ2v) is 4.84. The third-order valence-corrected chi connectivity index (χ3v) is 3.44. The summed E-state index contributed by atoms with van der Waals surface area (Å²) in [6.07, 6.45) is 0. The molecule has 8 nitrogen and oxygen atoms in total. The van der Waals surface area contributed by atoms with Gasteiger partial charge in [-0.1, -0.05) is 0 Å². The lowest BCUT2D eigenvalue weighted by Crippen LogP contribution is -2.33. The van der Waals surface area contributed by atoms with Crippen molar-refractivity contribution in [2.75, 3.05) is 6.61 Å². The number of nitrogens with zero attached hydrogens (tertiary/aromatic N) is 2. The molecule has 1 unspecified atom stereocenters. The van der Waals surface area contributed by atoms with Gasteiger partial charge in [0.1, 0.15) is 12.2 Å². The van der Waals surface area contributed by atoms with Crippen LogP contribution in [-0.2, 0) is 0 Å². The van der Waals surface area contributed by atoms with Gasteiger partial charge in [-0.2, -0.15) is 0 Å². The molecule has 3 rings (SSSR count). The van der Waals surface area contributed by atoms with Crippen molar-refractivity contribution < 1.29 is 19.6 Å².